The largest absolute Gasteiger partial charge is 0.465 e. The number of nitrogens with zero attached hydrogens (tertiary/aromatic N) is 5. The van der Waals surface area contributed by atoms with Crippen LogP contribution in [0.4, 0.5) is 0 Å². The number of aromatic nitrogens is 4. The molecular formula is C22H25N5O. The molecule has 0 fully saturated rings. The first kappa shape index (κ1) is 18.3. The normalized spacial score (nSPS) is 11.4. The van der Waals surface area contributed by atoms with Gasteiger partial charge in [-0.25, -0.2) is 9.67 Å². The number of furan rings is 1. The van der Waals surface area contributed by atoms with Crippen molar-refractivity contribution in [1.82, 2.24) is 24.2 Å². The van der Waals surface area contributed by atoms with E-state index in [2.05, 4.69) is 43.9 Å². The molecule has 3 heterocycles. The predicted molar refractivity (Wildman–Crippen MR) is 108 cm³/mol. The molecule has 6 heteroatoms. The van der Waals surface area contributed by atoms with Crippen LogP contribution < -0.4 is 0 Å². The number of hydrogen-bond donors (Lipinski definition) is 0. The van der Waals surface area contributed by atoms with E-state index in [1.165, 1.54) is 5.56 Å². The van der Waals surface area contributed by atoms with Gasteiger partial charge in [0.25, 0.3) is 0 Å². The van der Waals surface area contributed by atoms with E-state index in [9.17, 15) is 0 Å². The second kappa shape index (κ2) is 8.71. The fourth-order valence-corrected chi connectivity index (χ4v) is 3.32. The Kier molecular flexibility index (Phi) is 5.68. The number of benzene rings is 1. The van der Waals surface area contributed by atoms with Crippen molar-refractivity contribution in [3.8, 4) is 5.69 Å². The summed E-state index contributed by atoms with van der Waals surface area (Å²) in [7, 11) is 0. The zero-order valence-electron chi connectivity index (χ0n) is 16.1. The summed E-state index contributed by atoms with van der Waals surface area (Å²) >= 11 is 0. The van der Waals surface area contributed by atoms with Gasteiger partial charge in [0.2, 0.25) is 0 Å². The molecule has 0 saturated heterocycles. The Balaban J connectivity index is 1.42. The number of imidazole rings is 1. The Bertz CT molecular complexity index is 971. The molecule has 0 saturated carbocycles. The van der Waals surface area contributed by atoms with Crippen molar-refractivity contribution in [3.63, 3.8) is 0 Å². The number of para-hydroxylation sites is 1. The number of hydrogen-bond acceptors (Lipinski definition) is 4. The van der Waals surface area contributed by atoms with Gasteiger partial charge in [-0.15, -0.1) is 0 Å². The maximum Gasteiger partial charge on any atom is 0.118 e. The number of aryl methyl sites for hydroxylation is 2. The van der Waals surface area contributed by atoms with E-state index >= 15 is 0 Å². The van der Waals surface area contributed by atoms with Crippen molar-refractivity contribution >= 4 is 0 Å². The van der Waals surface area contributed by atoms with Crippen molar-refractivity contribution < 1.29 is 4.42 Å². The van der Waals surface area contributed by atoms with E-state index in [1.807, 2.05) is 60.8 Å². The minimum atomic E-state index is 0.786. The SMILES string of the molecule is Cc1ccc(CN(CCCn2ccnc2)Cc2cnn(-c3ccccc3)c2)o1. The topological polar surface area (TPSA) is 52.0 Å². The van der Waals surface area contributed by atoms with Gasteiger partial charge in [-0.1, -0.05) is 18.2 Å². The molecule has 144 valence electrons. The van der Waals surface area contributed by atoms with E-state index in [0.717, 1.165) is 49.8 Å². The van der Waals surface area contributed by atoms with Crippen molar-refractivity contribution in [1.29, 1.82) is 0 Å². The molecule has 0 N–H and O–H groups in total. The molecule has 0 spiro atoms. The van der Waals surface area contributed by atoms with Gasteiger partial charge in [-0.3, -0.25) is 4.90 Å². The highest BCUT2D eigenvalue weighted by Crippen LogP contribution is 2.15. The smallest absolute Gasteiger partial charge is 0.118 e. The van der Waals surface area contributed by atoms with Crippen molar-refractivity contribution in [2.24, 2.45) is 0 Å². The zero-order valence-corrected chi connectivity index (χ0v) is 16.1. The fourth-order valence-electron chi connectivity index (χ4n) is 3.32. The molecule has 3 aromatic heterocycles. The molecule has 28 heavy (non-hydrogen) atoms. The minimum Gasteiger partial charge on any atom is -0.465 e. The molecular weight excluding hydrogens is 350 g/mol. The molecule has 0 aliphatic rings. The lowest BCUT2D eigenvalue weighted by molar-refractivity contribution is 0.227. The molecule has 0 radical (unpaired) electrons. The van der Waals surface area contributed by atoms with Gasteiger partial charge in [0.05, 0.1) is 24.8 Å². The summed E-state index contributed by atoms with van der Waals surface area (Å²) in [6.07, 6.45) is 10.8. The minimum absolute atomic E-state index is 0.786. The first-order valence-electron chi connectivity index (χ1n) is 9.59. The Labute approximate surface area is 165 Å². The average Bonchev–Trinajstić information content (AvgIpc) is 3.45. The van der Waals surface area contributed by atoms with Gasteiger partial charge in [0, 0.05) is 43.8 Å². The Hall–Kier alpha value is -3.12. The van der Waals surface area contributed by atoms with E-state index in [-0.39, 0.29) is 0 Å². The molecule has 0 amide bonds. The van der Waals surface area contributed by atoms with Gasteiger partial charge < -0.3 is 8.98 Å². The third kappa shape index (κ3) is 4.78. The van der Waals surface area contributed by atoms with Crippen LogP contribution in [0.25, 0.3) is 5.69 Å². The summed E-state index contributed by atoms with van der Waals surface area (Å²) in [4.78, 5) is 6.52. The van der Waals surface area contributed by atoms with Crippen LogP contribution in [-0.2, 0) is 19.6 Å². The van der Waals surface area contributed by atoms with Gasteiger partial charge >= 0.3 is 0 Å². The van der Waals surface area contributed by atoms with Gasteiger partial charge in [-0.05, 0) is 37.6 Å². The van der Waals surface area contributed by atoms with Gasteiger partial charge in [-0.2, -0.15) is 5.10 Å². The molecule has 4 rings (SSSR count). The molecule has 6 nitrogen and oxygen atoms in total. The molecule has 1 aromatic carbocycles. The molecule has 0 aliphatic carbocycles. The van der Waals surface area contributed by atoms with Gasteiger partial charge in [0.1, 0.15) is 11.5 Å². The second-order valence-corrected chi connectivity index (χ2v) is 7.01. The maximum atomic E-state index is 5.80. The van der Waals surface area contributed by atoms with Gasteiger partial charge in [0.15, 0.2) is 0 Å². The summed E-state index contributed by atoms with van der Waals surface area (Å²) < 4.78 is 9.84. The van der Waals surface area contributed by atoms with Crippen LogP contribution in [0.1, 0.15) is 23.5 Å². The van der Waals surface area contributed by atoms with Crippen LogP contribution in [0.15, 0.2) is 78.0 Å². The molecule has 0 unspecified atom stereocenters. The zero-order chi connectivity index (χ0) is 19.2. The average molecular weight is 375 g/mol. The highest BCUT2D eigenvalue weighted by molar-refractivity contribution is 5.30. The summed E-state index contributed by atoms with van der Waals surface area (Å²) in [6, 6.07) is 14.3. The Morgan fingerprint density at radius 3 is 2.71 bits per heavy atom. The summed E-state index contributed by atoms with van der Waals surface area (Å²) in [6.45, 7) is 5.52. The lowest BCUT2D eigenvalue weighted by Crippen LogP contribution is -2.24. The van der Waals surface area contributed by atoms with E-state index in [4.69, 9.17) is 4.42 Å². The second-order valence-electron chi connectivity index (χ2n) is 7.01. The third-order valence-corrected chi connectivity index (χ3v) is 4.69. The van der Waals surface area contributed by atoms with Crippen molar-refractivity contribution in [3.05, 3.63) is 90.7 Å². The van der Waals surface area contributed by atoms with Crippen LogP contribution in [-0.4, -0.2) is 30.8 Å². The lowest BCUT2D eigenvalue weighted by atomic mass is 10.2. The Morgan fingerprint density at radius 2 is 1.96 bits per heavy atom. The van der Waals surface area contributed by atoms with Crippen LogP contribution >= 0.6 is 0 Å². The molecule has 0 atom stereocenters. The first-order valence-corrected chi connectivity index (χ1v) is 9.59. The van der Waals surface area contributed by atoms with Crippen LogP contribution in [0.3, 0.4) is 0 Å². The van der Waals surface area contributed by atoms with Crippen LogP contribution in [0, 0.1) is 6.92 Å². The monoisotopic (exact) mass is 375 g/mol. The van der Waals surface area contributed by atoms with Crippen molar-refractivity contribution in [2.75, 3.05) is 6.54 Å². The maximum absolute atomic E-state index is 5.80. The fraction of sp³-hybridized carbons (Fsp3) is 0.273. The van der Waals surface area contributed by atoms with Crippen LogP contribution in [0.2, 0.25) is 0 Å². The molecule has 0 bridgehead atoms. The number of rotatable bonds is 9. The highest BCUT2D eigenvalue weighted by Gasteiger charge is 2.11. The quantitative estimate of drug-likeness (QED) is 0.443. The summed E-state index contributed by atoms with van der Waals surface area (Å²) in [5.41, 5.74) is 2.26. The van der Waals surface area contributed by atoms with Crippen molar-refractivity contribution in [2.45, 2.75) is 33.0 Å². The molecule has 4 aromatic rings. The third-order valence-electron chi connectivity index (χ3n) is 4.69. The standard InChI is InChI=1S/C22H25N5O/c1-19-8-9-22(28-19)17-26(12-5-11-25-13-10-23-18-25)15-20-14-24-27(16-20)21-6-3-2-4-7-21/h2-4,6-10,13-14,16,18H,5,11-12,15,17H2,1H3. The van der Waals surface area contributed by atoms with E-state index in [0.29, 0.717) is 0 Å². The lowest BCUT2D eigenvalue weighted by Gasteiger charge is -2.20. The van der Waals surface area contributed by atoms with E-state index < -0.39 is 0 Å². The van der Waals surface area contributed by atoms with Crippen LogP contribution in [0.5, 0.6) is 0 Å². The van der Waals surface area contributed by atoms with E-state index in [1.54, 1.807) is 0 Å². The highest BCUT2D eigenvalue weighted by atomic mass is 16.3. The summed E-state index contributed by atoms with van der Waals surface area (Å²) in [5.74, 6) is 1.95. The predicted octanol–water partition coefficient (Wildman–Crippen LogP) is 4.06. The summed E-state index contributed by atoms with van der Waals surface area (Å²) in [5, 5.41) is 4.53. The first-order chi connectivity index (χ1) is 13.8. The Morgan fingerprint density at radius 1 is 1.07 bits per heavy atom. The molecule has 0 aliphatic heterocycles.